The fraction of sp³-hybridized carbons (Fsp3) is 0.286. The Morgan fingerprint density at radius 2 is 1.68 bits per heavy atom. The topological polar surface area (TPSA) is 44.0 Å². The van der Waals surface area contributed by atoms with Crippen LogP contribution in [0.2, 0.25) is 0 Å². The van der Waals surface area contributed by atoms with Crippen molar-refractivity contribution in [2.24, 2.45) is 7.05 Å². The molecule has 2 aromatic rings. The molecule has 0 bridgehead atoms. The summed E-state index contributed by atoms with van der Waals surface area (Å²) in [6.07, 6.45) is 1.56. The highest BCUT2D eigenvalue weighted by atomic mass is 127. The van der Waals surface area contributed by atoms with E-state index in [9.17, 15) is 9.59 Å². The predicted octanol–water partition coefficient (Wildman–Crippen LogP) is 1.82. The standard InChI is InChI=1S/C14H15IN2O2/c1-9-4-10(2)6-11(5-9)7-17-13(18)12(15)8-16(3)14(17)19/h4-6,8H,7H2,1-3H3. The van der Waals surface area contributed by atoms with Crippen LogP contribution in [0.15, 0.2) is 34.0 Å². The quantitative estimate of drug-likeness (QED) is 0.757. The molecule has 100 valence electrons. The van der Waals surface area contributed by atoms with E-state index in [1.54, 1.807) is 13.2 Å². The number of aryl methyl sites for hydroxylation is 3. The van der Waals surface area contributed by atoms with Crippen LogP contribution in [-0.4, -0.2) is 9.13 Å². The third kappa shape index (κ3) is 2.97. The van der Waals surface area contributed by atoms with E-state index in [0.717, 1.165) is 16.7 Å². The first kappa shape index (κ1) is 14.0. The summed E-state index contributed by atoms with van der Waals surface area (Å²) in [5.41, 5.74) is 2.71. The lowest BCUT2D eigenvalue weighted by Gasteiger charge is -2.09. The van der Waals surface area contributed by atoms with Crippen molar-refractivity contribution in [1.82, 2.24) is 9.13 Å². The third-order valence-corrected chi connectivity index (χ3v) is 3.65. The Kier molecular flexibility index (Phi) is 3.93. The van der Waals surface area contributed by atoms with Crippen LogP contribution in [0, 0.1) is 17.4 Å². The monoisotopic (exact) mass is 370 g/mol. The van der Waals surface area contributed by atoms with Crippen molar-refractivity contribution in [2.45, 2.75) is 20.4 Å². The molecule has 2 rings (SSSR count). The second-order valence-electron chi connectivity index (χ2n) is 4.76. The van der Waals surface area contributed by atoms with E-state index in [2.05, 4.69) is 6.07 Å². The number of rotatable bonds is 2. The van der Waals surface area contributed by atoms with Crippen molar-refractivity contribution in [3.05, 3.63) is 65.5 Å². The maximum absolute atomic E-state index is 12.1. The van der Waals surface area contributed by atoms with Gasteiger partial charge < -0.3 is 4.57 Å². The Hall–Kier alpha value is -1.37. The van der Waals surface area contributed by atoms with Crippen LogP contribution >= 0.6 is 22.6 Å². The van der Waals surface area contributed by atoms with Crippen LogP contribution in [0.1, 0.15) is 16.7 Å². The summed E-state index contributed by atoms with van der Waals surface area (Å²) in [5.74, 6) is 0. The van der Waals surface area contributed by atoms with E-state index >= 15 is 0 Å². The molecular formula is C14H15IN2O2. The van der Waals surface area contributed by atoms with Gasteiger partial charge in [-0.1, -0.05) is 29.3 Å². The highest BCUT2D eigenvalue weighted by Crippen LogP contribution is 2.09. The number of benzene rings is 1. The fourth-order valence-electron chi connectivity index (χ4n) is 2.17. The van der Waals surface area contributed by atoms with Crippen LogP contribution in [0.25, 0.3) is 0 Å². The Bertz CT molecular complexity index is 690. The van der Waals surface area contributed by atoms with Gasteiger partial charge in [0.05, 0.1) is 10.1 Å². The lowest BCUT2D eigenvalue weighted by Crippen LogP contribution is -2.40. The van der Waals surface area contributed by atoms with E-state index in [1.807, 2.05) is 48.6 Å². The lowest BCUT2D eigenvalue weighted by atomic mass is 10.1. The average molecular weight is 370 g/mol. The third-order valence-electron chi connectivity index (χ3n) is 2.91. The molecule has 1 aromatic heterocycles. The SMILES string of the molecule is Cc1cc(C)cc(Cn2c(=O)c(I)cn(C)c2=O)c1. The van der Waals surface area contributed by atoms with Crippen LogP contribution in [0.5, 0.6) is 0 Å². The number of nitrogens with zero attached hydrogens (tertiary/aromatic N) is 2. The molecule has 0 aliphatic rings. The van der Waals surface area contributed by atoms with Gasteiger partial charge in [-0.25, -0.2) is 4.79 Å². The van der Waals surface area contributed by atoms with Crippen LogP contribution in [-0.2, 0) is 13.6 Å². The van der Waals surface area contributed by atoms with Crippen LogP contribution in [0.3, 0.4) is 0 Å². The molecule has 0 spiro atoms. The zero-order chi connectivity index (χ0) is 14.2. The van der Waals surface area contributed by atoms with Gasteiger partial charge >= 0.3 is 5.69 Å². The molecule has 1 aromatic carbocycles. The summed E-state index contributed by atoms with van der Waals surface area (Å²) >= 11 is 1.96. The molecule has 0 saturated carbocycles. The lowest BCUT2D eigenvalue weighted by molar-refractivity contribution is 0.633. The van der Waals surface area contributed by atoms with Gasteiger partial charge in [-0.3, -0.25) is 9.36 Å². The minimum Gasteiger partial charge on any atom is -0.302 e. The Balaban J connectivity index is 2.55. The van der Waals surface area contributed by atoms with Crippen LogP contribution < -0.4 is 11.2 Å². The van der Waals surface area contributed by atoms with Crippen molar-refractivity contribution in [3.63, 3.8) is 0 Å². The van der Waals surface area contributed by atoms with Crippen molar-refractivity contribution >= 4 is 22.6 Å². The summed E-state index contributed by atoms with van der Waals surface area (Å²) in [6.45, 7) is 4.32. The van der Waals surface area contributed by atoms with Crippen molar-refractivity contribution in [2.75, 3.05) is 0 Å². The first-order chi connectivity index (χ1) is 8.88. The van der Waals surface area contributed by atoms with Gasteiger partial charge in [0.1, 0.15) is 0 Å². The predicted molar refractivity (Wildman–Crippen MR) is 83.7 cm³/mol. The Morgan fingerprint density at radius 1 is 1.11 bits per heavy atom. The molecule has 4 nitrogen and oxygen atoms in total. The molecule has 0 atom stereocenters. The van der Waals surface area contributed by atoms with Gasteiger partial charge in [0, 0.05) is 13.2 Å². The number of halogens is 1. The zero-order valence-electron chi connectivity index (χ0n) is 11.1. The molecule has 0 aliphatic heterocycles. The van der Waals surface area contributed by atoms with Gasteiger partial charge in [-0.2, -0.15) is 0 Å². The first-order valence-electron chi connectivity index (χ1n) is 5.91. The van der Waals surface area contributed by atoms with Crippen molar-refractivity contribution in [1.29, 1.82) is 0 Å². The smallest absolute Gasteiger partial charge is 0.302 e. The second-order valence-corrected chi connectivity index (χ2v) is 5.92. The van der Waals surface area contributed by atoms with E-state index in [4.69, 9.17) is 0 Å². The maximum Gasteiger partial charge on any atom is 0.331 e. The summed E-state index contributed by atoms with van der Waals surface area (Å²) < 4.78 is 3.26. The Labute approximate surface area is 124 Å². The molecule has 0 unspecified atom stereocenters. The summed E-state index contributed by atoms with van der Waals surface area (Å²) in [5, 5.41) is 0. The second kappa shape index (κ2) is 5.32. The maximum atomic E-state index is 12.1. The van der Waals surface area contributed by atoms with Gasteiger partial charge in [-0.05, 0) is 42.0 Å². The summed E-state index contributed by atoms with van der Waals surface area (Å²) in [4.78, 5) is 24.1. The highest BCUT2D eigenvalue weighted by Gasteiger charge is 2.08. The fourth-order valence-corrected chi connectivity index (χ4v) is 2.88. The number of hydrogen-bond donors (Lipinski definition) is 0. The molecule has 19 heavy (non-hydrogen) atoms. The zero-order valence-corrected chi connectivity index (χ0v) is 13.3. The molecule has 0 N–H and O–H groups in total. The minimum atomic E-state index is -0.287. The number of aromatic nitrogens is 2. The summed E-state index contributed by atoms with van der Waals surface area (Å²) in [7, 11) is 1.65. The van der Waals surface area contributed by atoms with Gasteiger partial charge in [0.15, 0.2) is 0 Å². The Morgan fingerprint density at radius 3 is 2.26 bits per heavy atom. The van der Waals surface area contributed by atoms with Gasteiger partial charge in [-0.15, -0.1) is 0 Å². The van der Waals surface area contributed by atoms with Crippen LogP contribution in [0.4, 0.5) is 0 Å². The molecular weight excluding hydrogens is 355 g/mol. The normalized spacial score (nSPS) is 10.7. The van der Waals surface area contributed by atoms with Crippen molar-refractivity contribution in [3.8, 4) is 0 Å². The van der Waals surface area contributed by atoms with E-state index < -0.39 is 0 Å². The largest absolute Gasteiger partial charge is 0.331 e. The molecule has 0 saturated heterocycles. The van der Waals surface area contributed by atoms with E-state index in [0.29, 0.717) is 10.1 Å². The molecule has 1 heterocycles. The van der Waals surface area contributed by atoms with E-state index in [-0.39, 0.29) is 11.2 Å². The molecule has 0 aliphatic carbocycles. The summed E-state index contributed by atoms with van der Waals surface area (Å²) in [6, 6.07) is 6.07. The molecule has 0 fully saturated rings. The molecule has 5 heteroatoms. The van der Waals surface area contributed by atoms with Gasteiger partial charge in [0.2, 0.25) is 0 Å². The van der Waals surface area contributed by atoms with Crippen molar-refractivity contribution < 1.29 is 0 Å². The minimum absolute atomic E-state index is 0.233. The average Bonchev–Trinajstić information content (AvgIpc) is 2.31. The number of hydrogen-bond acceptors (Lipinski definition) is 2. The highest BCUT2D eigenvalue weighted by molar-refractivity contribution is 14.1. The molecule has 0 amide bonds. The van der Waals surface area contributed by atoms with E-state index in [1.165, 1.54) is 9.13 Å². The molecule has 0 radical (unpaired) electrons. The first-order valence-corrected chi connectivity index (χ1v) is 6.99. The van der Waals surface area contributed by atoms with Gasteiger partial charge in [0.25, 0.3) is 5.56 Å².